The van der Waals surface area contributed by atoms with Crippen LogP contribution in [0.3, 0.4) is 0 Å². The molecule has 0 aliphatic carbocycles. The topological polar surface area (TPSA) is 125 Å². The molecule has 0 radical (unpaired) electrons. The van der Waals surface area contributed by atoms with Gasteiger partial charge in [0.25, 0.3) is 17.7 Å². The molecule has 0 fully saturated rings. The van der Waals surface area contributed by atoms with Gasteiger partial charge >= 0.3 is 5.97 Å². The van der Waals surface area contributed by atoms with Gasteiger partial charge in [0.1, 0.15) is 6.04 Å². The maximum absolute atomic E-state index is 13.0. The molecule has 2 atom stereocenters. The summed E-state index contributed by atoms with van der Waals surface area (Å²) >= 11 is 1.23. The van der Waals surface area contributed by atoms with Gasteiger partial charge in [-0.2, -0.15) is 0 Å². The minimum Gasteiger partial charge on any atom is -0.480 e. The molecule has 0 spiro atoms. The third-order valence-corrected chi connectivity index (χ3v) is 7.05. The van der Waals surface area contributed by atoms with E-state index in [4.69, 9.17) is 0 Å². The Morgan fingerprint density at radius 3 is 2.34 bits per heavy atom. The maximum Gasteiger partial charge on any atom is 0.328 e. The Balaban J connectivity index is 1.41. The van der Waals surface area contributed by atoms with Crippen molar-refractivity contribution in [3.63, 3.8) is 0 Å². The van der Waals surface area contributed by atoms with Crippen LogP contribution in [0.1, 0.15) is 54.5 Å². The second-order valence-corrected chi connectivity index (χ2v) is 9.79. The summed E-state index contributed by atoms with van der Waals surface area (Å²) in [5, 5.41) is 21.4. The lowest BCUT2D eigenvalue weighted by atomic mass is 9.99. The molecule has 0 saturated carbocycles. The number of carboxylic acid groups (broad SMARTS) is 1. The first-order valence-electron chi connectivity index (χ1n) is 12.0. The van der Waals surface area contributed by atoms with Gasteiger partial charge in [-0.05, 0) is 65.4 Å². The van der Waals surface area contributed by atoms with Crippen molar-refractivity contribution < 1.29 is 24.3 Å². The van der Waals surface area contributed by atoms with Crippen molar-refractivity contribution in [2.45, 2.75) is 25.9 Å². The number of fused-ring (bicyclic) bond motifs is 1. The number of nitrogens with one attached hydrogen (secondary N) is 3. The number of benzene rings is 3. The predicted octanol–water partition coefficient (Wildman–Crippen LogP) is 4.31. The Morgan fingerprint density at radius 2 is 1.63 bits per heavy atom. The Hall–Kier alpha value is -4.50. The highest BCUT2D eigenvalue weighted by Crippen LogP contribution is 2.24. The van der Waals surface area contributed by atoms with Crippen molar-refractivity contribution in [2.24, 2.45) is 0 Å². The van der Waals surface area contributed by atoms with Gasteiger partial charge < -0.3 is 21.1 Å². The van der Waals surface area contributed by atoms with Crippen molar-refractivity contribution >= 4 is 45.8 Å². The summed E-state index contributed by atoms with van der Waals surface area (Å²) in [7, 11) is 0. The van der Waals surface area contributed by atoms with E-state index in [1.165, 1.54) is 23.5 Å². The minimum atomic E-state index is -1.32. The average Bonchev–Trinajstić information content (AvgIpc) is 3.45. The Labute approximate surface area is 223 Å². The lowest BCUT2D eigenvalue weighted by Crippen LogP contribution is -2.48. The summed E-state index contributed by atoms with van der Waals surface area (Å²) in [5.74, 6) is -2.60. The van der Waals surface area contributed by atoms with E-state index >= 15 is 0 Å². The summed E-state index contributed by atoms with van der Waals surface area (Å²) in [6.45, 7) is 3.31. The standard InChI is InChI=1S/C29H27N3O5S/c1-17-15-20(26(33)31-18(2)22-10-5-8-19-7-3-4-9-23(19)22)12-13-21(17)27(34)32-24(29(36)37)16-30-28(35)25-11-6-14-38-25/h3-15,18,24H,16H2,1-2H3,(H,30,35)(H,31,33)(H,32,34)(H,36,37). The summed E-state index contributed by atoms with van der Waals surface area (Å²) in [5.41, 5.74) is 2.12. The van der Waals surface area contributed by atoms with E-state index < -0.39 is 23.8 Å². The van der Waals surface area contributed by atoms with E-state index in [0.29, 0.717) is 16.0 Å². The number of rotatable bonds is 9. The van der Waals surface area contributed by atoms with Crippen LogP contribution in [0.4, 0.5) is 0 Å². The molecule has 3 amide bonds. The Bertz CT molecular complexity index is 1490. The molecule has 4 aromatic rings. The van der Waals surface area contributed by atoms with E-state index in [0.717, 1.165) is 16.3 Å². The number of aliphatic carboxylic acids is 1. The molecule has 4 N–H and O–H groups in total. The highest BCUT2D eigenvalue weighted by atomic mass is 32.1. The van der Waals surface area contributed by atoms with E-state index in [9.17, 15) is 24.3 Å². The second-order valence-electron chi connectivity index (χ2n) is 8.84. The van der Waals surface area contributed by atoms with Crippen molar-refractivity contribution in [3.8, 4) is 0 Å². The third kappa shape index (κ3) is 6.07. The van der Waals surface area contributed by atoms with Crippen molar-refractivity contribution in [3.05, 3.63) is 105 Å². The Kier molecular flexibility index (Phi) is 8.18. The summed E-state index contributed by atoms with van der Waals surface area (Å²) in [4.78, 5) is 50.1. The molecule has 9 heteroatoms. The molecule has 38 heavy (non-hydrogen) atoms. The predicted molar refractivity (Wildman–Crippen MR) is 147 cm³/mol. The maximum atomic E-state index is 13.0. The van der Waals surface area contributed by atoms with Gasteiger partial charge in [0.05, 0.1) is 10.9 Å². The van der Waals surface area contributed by atoms with Crippen LogP contribution in [0.15, 0.2) is 78.2 Å². The molecule has 0 bridgehead atoms. The summed E-state index contributed by atoms with van der Waals surface area (Å²) in [6.07, 6.45) is 0. The van der Waals surface area contributed by atoms with E-state index in [1.54, 1.807) is 30.5 Å². The van der Waals surface area contributed by atoms with Gasteiger partial charge in [-0.3, -0.25) is 14.4 Å². The first-order chi connectivity index (χ1) is 18.2. The third-order valence-electron chi connectivity index (χ3n) is 6.19. The van der Waals surface area contributed by atoms with E-state index in [2.05, 4.69) is 16.0 Å². The molecular weight excluding hydrogens is 502 g/mol. The number of aryl methyl sites for hydroxylation is 1. The number of carboxylic acids is 1. The van der Waals surface area contributed by atoms with Gasteiger partial charge in [-0.25, -0.2) is 4.79 Å². The van der Waals surface area contributed by atoms with Crippen LogP contribution in [-0.2, 0) is 4.79 Å². The van der Waals surface area contributed by atoms with Crippen molar-refractivity contribution in [1.29, 1.82) is 0 Å². The monoisotopic (exact) mass is 529 g/mol. The molecule has 3 aromatic carbocycles. The van der Waals surface area contributed by atoms with Gasteiger partial charge in [0.15, 0.2) is 0 Å². The fourth-order valence-electron chi connectivity index (χ4n) is 4.17. The number of carbonyl (C=O) groups excluding carboxylic acids is 3. The van der Waals surface area contributed by atoms with Gasteiger partial charge in [-0.15, -0.1) is 11.3 Å². The lowest BCUT2D eigenvalue weighted by Gasteiger charge is -2.18. The fraction of sp³-hybridized carbons (Fsp3) is 0.172. The molecule has 0 aliphatic heterocycles. The quantitative estimate of drug-likeness (QED) is 0.257. The largest absolute Gasteiger partial charge is 0.480 e. The zero-order chi connectivity index (χ0) is 27.2. The number of amides is 3. The lowest BCUT2D eigenvalue weighted by molar-refractivity contribution is -0.139. The van der Waals surface area contributed by atoms with Gasteiger partial charge in [0.2, 0.25) is 0 Å². The van der Waals surface area contributed by atoms with Crippen LogP contribution in [0.5, 0.6) is 0 Å². The molecule has 1 aromatic heterocycles. The molecule has 4 rings (SSSR count). The number of carbonyl (C=O) groups is 4. The van der Waals surface area contributed by atoms with Crippen LogP contribution < -0.4 is 16.0 Å². The van der Waals surface area contributed by atoms with E-state index in [1.807, 2.05) is 49.4 Å². The highest BCUT2D eigenvalue weighted by Gasteiger charge is 2.23. The van der Waals surface area contributed by atoms with Crippen molar-refractivity contribution in [2.75, 3.05) is 6.54 Å². The van der Waals surface area contributed by atoms with E-state index in [-0.39, 0.29) is 24.1 Å². The zero-order valence-corrected chi connectivity index (χ0v) is 21.7. The minimum absolute atomic E-state index is 0.236. The Morgan fingerprint density at radius 1 is 0.868 bits per heavy atom. The molecular formula is C29H27N3O5S. The fourth-order valence-corrected chi connectivity index (χ4v) is 4.81. The number of hydrogen-bond acceptors (Lipinski definition) is 5. The summed E-state index contributed by atoms with van der Waals surface area (Å²) in [6, 6.07) is 20.3. The molecule has 8 nitrogen and oxygen atoms in total. The van der Waals surface area contributed by atoms with Crippen LogP contribution >= 0.6 is 11.3 Å². The number of thiophene rings is 1. The van der Waals surface area contributed by atoms with Crippen LogP contribution in [-0.4, -0.2) is 41.4 Å². The zero-order valence-electron chi connectivity index (χ0n) is 20.9. The van der Waals surface area contributed by atoms with Crippen molar-refractivity contribution in [1.82, 2.24) is 16.0 Å². The molecule has 0 aliphatic rings. The number of hydrogen-bond donors (Lipinski definition) is 4. The SMILES string of the molecule is Cc1cc(C(=O)NC(C)c2cccc3ccccc23)ccc1C(=O)NC(CNC(=O)c1cccs1)C(=O)O. The smallest absolute Gasteiger partial charge is 0.328 e. The van der Waals surface area contributed by atoms with Crippen LogP contribution in [0.25, 0.3) is 10.8 Å². The van der Waals surface area contributed by atoms with Gasteiger partial charge in [-0.1, -0.05) is 48.5 Å². The average molecular weight is 530 g/mol. The van der Waals surface area contributed by atoms with Gasteiger partial charge in [0, 0.05) is 17.7 Å². The molecule has 194 valence electrons. The van der Waals surface area contributed by atoms with Crippen LogP contribution in [0.2, 0.25) is 0 Å². The van der Waals surface area contributed by atoms with Crippen LogP contribution in [0, 0.1) is 6.92 Å². The highest BCUT2D eigenvalue weighted by molar-refractivity contribution is 7.12. The second kappa shape index (κ2) is 11.7. The first-order valence-corrected chi connectivity index (χ1v) is 12.9. The first kappa shape index (κ1) is 26.6. The normalized spacial score (nSPS) is 12.4. The molecule has 0 saturated heterocycles. The molecule has 1 heterocycles. The summed E-state index contributed by atoms with van der Waals surface area (Å²) < 4.78 is 0. The molecule has 2 unspecified atom stereocenters.